The van der Waals surface area contributed by atoms with Gasteiger partial charge in [0.15, 0.2) is 5.65 Å². The molecule has 0 aliphatic heterocycles. The van der Waals surface area contributed by atoms with Crippen LogP contribution in [0.2, 0.25) is 0 Å². The number of hydrogen-bond donors (Lipinski definition) is 8. The molecule has 0 fully saturated rings. The van der Waals surface area contributed by atoms with Crippen molar-refractivity contribution in [2.45, 2.75) is 40.3 Å². The molecule has 8 rings (SSSR count). The smallest absolute Gasteiger partial charge is 0.164 e. The molecular weight excluding hydrogens is 671 g/mol. The normalized spacial score (nSPS) is 10.6. The molecule has 0 radical (unpaired) electrons. The van der Waals surface area contributed by atoms with Gasteiger partial charge >= 0.3 is 0 Å². The third-order valence-corrected chi connectivity index (χ3v) is 8.01. The Morgan fingerprint density at radius 1 is 0.887 bits per heavy atom. The summed E-state index contributed by atoms with van der Waals surface area (Å²) in [5.41, 5.74) is 18.5. The zero-order valence-corrected chi connectivity index (χ0v) is 30.1. The summed E-state index contributed by atoms with van der Waals surface area (Å²) in [4.78, 5) is 27.4. The van der Waals surface area contributed by atoms with Crippen LogP contribution in [0.25, 0.3) is 44.2 Å². The van der Waals surface area contributed by atoms with Gasteiger partial charge in [0.25, 0.3) is 0 Å². The number of nitrogens with one attached hydrogen (secondary N) is 4. The molecule has 0 saturated heterocycles. The van der Waals surface area contributed by atoms with Crippen molar-refractivity contribution >= 4 is 56.0 Å². The highest BCUT2D eigenvalue weighted by atomic mass is 16.3. The lowest BCUT2D eigenvalue weighted by molar-refractivity contribution is 0.399. The van der Waals surface area contributed by atoms with Gasteiger partial charge in [0.1, 0.15) is 41.6 Å². The molecule has 15 nitrogen and oxygen atoms in total. The summed E-state index contributed by atoms with van der Waals surface area (Å²) in [5.74, 6) is 1.39. The predicted molar refractivity (Wildman–Crippen MR) is 211 cm³/mol. The molecule has 0 atom stereocenters. The van der Waals surface area contributed by atoms with Crippen molar-refractivity contribution in [3.8, 4) is 17.1 Å². The van der Waals surface area contributed by atoms with Gasteiger partial charge in [0, 0.05) is 53.9 Å². The molecule has 53 heavy (non-hydrogen) atoms. The quantitative estimate of drug-likeness (QED) is 0.0835. The lowest BCUT2D eigenvalue weighted by atomic mass is 10.1. The van der Waals surface area contributed by atoms with Crippen molar-refractivity contribution in [3.05, 3.63) is 109 Å². The van der Waals surface area contributed by atoms with Crippen LogP contribution in [0.3, 0.4) is 0 Å². The number of phenols is 1. The molecule has 272 valence electrons. The highest BCUT2D eigenvalue weighted by molar-refractivity contribution is 6.16. The molecule has 8 aromatic rings. The number of phenolic OH excluding ortho intramolecular Hbond substituents is 1. The van der Waals surface area contributed by atoms with E-state index in [0.717, 1.165) is 40.2 Å². The summed E-state index contributed by atoms with van der Waals surface area (Å²) in [6, 6.07) is 21.0. The SMILES string of the molecule is CC.CC(C)n1nc(-c2cc3c(O)cccc3[nH]2)c2c(N)ncnc21.CO.N=C(c1cc2ccccc2[nH]1)c1c(N)ncnc1NCc1cccnc1. The molecule has 6 heterocycles. The number of nitrogens with two attached hydrogens (primary N) is 2. The monoisotopic (exact) mass is 713 g/mol. The third kappa shape index (κ3) is 7.89. The molecule has 2 aromatic carbocycles. The number of aromatic hydroxyl groups is 1. The van der Waals surface area contributed by atoms with Gasteiger partial charge in [-0.1, -0.05) is 44.2 Å². The number of hydrogen-bond acceptors (Lipinski definition) is 12. The van der Waals surface area contributed by atoms with Crippen LogP contribution in [-0.4, -0.2) is 67.7 Å². The lowest BCUT2D eigenvalue weighted by Crippen LogP contribution is -2.14. The van der Waals surface area contributed by atoms with Crippen LogP contribution in [0.1, 0.15) is 50.6 Å². The Hall–Kier alpha value is -6.87. The number of nitrogens with zero attached hydrogens (tertiary/aromatic N) is 7. The number of benzene rings is 2. The first-order chi connectivity index (χ1) is 25.8. The van der Waals surface area contributed by atoms with Crippen molar-refractivity contribution in [1.29, 1.82) is 5.41 Å². The molecule has 0 amide bonds. The maximum Gasteiger partial charge on any atom is 0.164 e. The zero-order valence-electron chi connectivity index (χ0n) is 30.1. The van der Waals surface area contributed by atoms with E-state index >= 15 is 0 Å². The summed E-state index contributed by atoms with van der Waals surface area (Å²) >= 11 is 0. The number of pyridine rings is 1. The molecule has 6 aromatic heterocycles. The topological polar surface area (TPSA) is 242 Å². The lowest BCUT2D eigenvalue weighted by Gasteiger charge is -2.12. The van der Waals surface area contributed by atoms with E-state index in [9.17, 15) is 5.11 Å². The average molecular weight is 714 g/mol. The second-order valence-corrected chi connectivity index (χ2v) is 11.6. The third-order valence-electron chi connectivity index (χ3n) is 8.01. The highest BCUT2D eigenvalue weighted by Crippen LogP contribution is 2.35. The van der Waals surface area contributed by atoms with Crippen molar-refractivity contribution in [1.82, 2.24) is 44.7 Å². The van der Waals surface area contributed by atoms with Crippen LogP contribution in [0.5, 0.6) is 5.75 Å². The van der Waals surface area contributed by atoms with E-state index in [2.05, 4.69) is 45.3 Å². The number of fused-ring (bicyclic) bond motifs is 3. The van der Waals surface area contributed by atoms with E-state index in [1.807, 2.05) is 87.0 Å². The van der Waals surface area contributed by atoms with Gasteiger partial charge in [-0.3, -0.25) is 10.4 Å². The molecule has 10 N–H and O–H groups in total. The average Bonchev–Trinajstić information content (AvgIpc) is 3.93. The Bertz CT molecular complexity index is 2420. The Kier molecular flexibility index (Phi) is 11.9. The number of aromatic nitrogens is 9. The van der Waals surface area contributed by atoms with E-state index in [0.29, 0.717) is 46.2 Å². The van der Waals surface area contributed by atoms with Crippen LogP contribution in [-0.2, 0) is 6.54 Å². The maximum atomic E-state index is 10.00. The van der Waals surface area contributed by atoms with Crippen LogP contribution < -0.4 is 16.8 Å². The highest BCUT2D eigenvalue weighted by Gasteiger charge is 2.21. The fourth-order valence-electron chi connectivity index (χ4n) is 5.62. The fourth-order valence-corrected chi connectivity index (χ4v) is 5.62. The van der Waals surface area contributed by atoms with Crippen LogP contribution >= 0.6 is 0 Å². The number of para-hydroxylation sites is 1. The van der Waals surface area contributed by atoms with Gasteiger partial charge in [-0.05, 0) is 55.8 Å². The second kappa shape index (κ2) is 16.9. The van der Waals surface area contributed by atoms with E-state index in [1.54, 1.807) is 24.5 Å². The second-order valence-electron chi connectivity index (χ2n) is 11.6. The van der Waals surface area contributed by atoms with Gasteiger partial charge in [-0.15, -0.1) is 0 Å². The molecule has 0 aliphatic carbocycles. The van der Waals surface area contributed by atoms with Crippen molar-refractivity contribution in [2.24, 2.45) is 0 Å². The van der Waals surface area contributed by atoms with Crippen molar-refractivity contribution in [3.63, 3.8) is 0 Å². The first kappa shape index (κ1) is 37.4. The number of aliphatic hydroxyl groups excluding tert-OH is 1. The Morgan fingerprint density at radius 3 is 2.34 bits per heavy atom. The molecule has 0 spiro atoms. The van der Waals surface area contributed by atoms with Gasteiger partial charge in [-0.2, -0.15) is 5.10 Å². The van der Waals surface area contributed by atoms with Crippen LogP contribution in [0.4, 0.5) is 17.5 Å². The predicted octanol–water partition coefficient (Wildman–Crippen LogP) is 6.44. The number of aromatic amines is 2. The largest absolute Gasteiger partial charge is 0.507 e. The number of aliphatic hydroxyl groups is 1. The van der Waals surface area contributed by atoms with Crippen molar-refractivity contribution < 1.29 is 10.2 Å². The van der Waals surface area contributed by atoms with Gasteiger partial charge in [-0.25, -0.2) is 24.6 Å². The number of nitrogen functional groups attached to an aromatic ring is 2. The molecule has 0 unspecified atom stereocenters. The molecule has 0 bridgehead atoms. The number of rotatable bonds is 7. The van der Waals surface area contributed by atoms with E-state index < -0.39 is 0 Å². The Labute approximate surface area is 305 Å². The molecular formula is C38H43N13O2. The van der Waals surface area contributed by atoms with E-state index in [1.165, 1.54) is 12.7 Å². The van der Waals surface area contributed by atoms with E-state index in [4.69, 9.17) is 22.0 Å². The van der Waals surface area contributed by atoms with Crippen LogP contribution in [0, 0.1) is 5.41 Å². The minimum atomic E-state index is 0.137. The Balaban J connectivity index is 0.000000188. The zero-order chi connectivity index (χ0) is 38.1. The fraction of sp³-hybridized carbons (Fsp3) is 0.184. The van der Waals surface area contributed by atoms with Gasteiger partial charge < -0.3 is 37.0 Å². The van der Waals surface area contributed by atoms with Gasteiger partial charge in [0.2, 0.25) is 0 Å². The van der Waals surface area contributed by atoms with Crippen LogP contribution in [0.15, 0.2) is 91.8 Å². The standard InChI is InChI=1S/C19H17N7.C16H16N6O.C2H6.CH4O/c20-17(15-8-13-5-1-2-6-14(13)26-15)16-18(21)24-11-25-19(16)23-10-12-4-3-7-22-9-12;1-8(2)22-16-13(15(17)18-7-19-16)14(21-22)11-6-9-10(20-11)4-3-5-12(9)23;2*1-2/h1-9,11,20,26H,10H2,(H3,21,23,24,25);3-8,20,23H,1-2H3,(H2,17,18,19);1-2H3;2H,1H3. The summed E-state index contributed by atoms with van der Waals surface area (Å²) in [5, 5.41) is 36.0. The maximum absolute atomic E-state index is 10.00. The minimum absolute atomic E-state index is 0.137. The van der Waals surface area contributed by atoms with E-state index in [-0.39, 0.29) is 23.3 Å². The molecule has 15 heteroatoms. The van der Waals surface area contributed by atoms with Gasteiger partial charge in [0.05, 0.1) is 28.0 Å². The summed E-state index contributed by atoms with van der Waals surface area (Å²) in [6.07, 6.45) is 6.34. The number of H-pyrrole nitrogens is 2. The Morgan fingerprint density at radius 2 is 1.62 bits per heavy atom. The summed E-state index contributed by atoms with van der Waals surface area (Å²) in [7, 11) is 1.00. The first-order valence-corrected chi connectivity index (χ1v) is 16.9. The summed E-state index contributed by atoms with van der Waals surface area (Å²) in [6.45, 7) is 8.59. The molecule has 0 aliphatic rings. The van der Waals surface area contributed by atoms with Crippen molar-refractivity contribution in [2.75, 3.05) is 23.9 Å². The minimum Gasteiger partial charge on any atom is -0.507 e. The number of anilines is 3. The first-order valence-electron chi connectivity index (χ1n) is 16.9. The summed E-state index contributed by atoms with van der Waals surface area (Å²) < 4.78 is 1.83. The molecule has 0 saturated carbocycles.